The van der Waals surface area contributed by atoms with Crippen LogP contribution in [0.3, 0.4) is 0 Å². The van der Waals surface area contributed by atoms with Crippen molar-refractivity contribution < 1.29 is 19.3 Å². The third kappa shape index (κ3) is 3.21. The smallest absolute Gasteiger partial charge is 0.269 e. The summed E-state index contributed by atoms with van der Waals surface area (Å²) in [5, 5.41) is 13.0. The number of hydroxylamine groups is 1. The summed E-state index contributed by atoms with van der Waals surface area (Å²) in [5.41, 5.74) is 1.57. The van der Waals surface area contributed by atoms with E-state index < -0.39 is 34.8 Å². The van der Waals surface area contributed by atoms with Crippen molar-refractivity contribution in [2.75, 3.05) is 9.96 Å². The summed E-state index contributed by atoms with van der Waals surface area (Å²) in [6.45, 7) is 0. The molecule has 3 atom stereocenters. The van der Waals surface area contributed by atoms with Gasteiger partial charge in [0, 0.05) is 17.2 Å². The maximum Gasteiger partial charge on any atom is 0.269 e. The number of amides is 2. The van der Waals surface area contributed by atoms with Crippen molar-refractivity contribution in [2.45, 2.75) is 12.1 Å². The zero-order valence-electron chi connectivity index (χ0n) is 16.5. The lowest BCUT2D eigenvalue weighted by atomic mass is 9.90. The molecule has 8 nitrogen and oxygen atoms in total. The molecule has 0 radical (unpaired) electrons. The Morgan fingerprint density at radius 1 is 0.875 bits per heavy atom. The van der Waals surface area contributed by atoms with Crippen molar-refractivity contribution in [1.29, 1.82) is 0 Å². The van der Waals surface area contributed by atoms with Gasteiger partial charge in [0.1, 0.15) is 5.92 Å². The largest absolute Gasteiger partial charge is 0.273 e. The number of rotatable bonds is 4. The summed E-state index contributed by atoms with van der Waals surface area (Å²) in [5.74, 6) is -1.76. The van der Waals surface area contributed by atoms with E-state index in [-0.39, 0.29) is 11.4 Å². The van der Waals surface area contributed by atoms with Crippen molar-refractivity contribution in [1.82, 2.24) is 0 Å². The first kappa shape index (κ1) is 20.2. The highest BCUT2D eigenvalue weighted by atomic mass is 35.5. The Balaban J connectivity index is 1.56. The van der Waals surface area contributed by atoms with Crippen LogP contribution < -0.4 is 9.96 Å². The fourth-order valence-electron chi connectivity index (χ4n) is 4.22. The quantitative estimate of drug-likeness (QED) is 0.335. The molecular weight excluding hydrogens is 434 g/mol. The molecule has 0 bridgehead atoms. The lowest BCUT2D eigenvalue weighted by Crippen LogP contribution is -2.37. The standard InChI is InChI=1S/C23H16ClN3O5/c24-15-6-4-5-14(13-15)20-19-21(32-26(20)17-7-2-1-3-8-17)23(29)25(22(19)28)16-9-11-18(12-10-16)27(30)31/h1-13,19-21H/t19-,20+,21-/m1/s1. The van der Waals surface area contributed by atoms with Crippen LogP contribution in [0.4, 0.5) is 17.1 Å². The highest BCUT2D eigenvalue weighted by molar-refractivity contribution is 6.30. The third-order valence-corrected chi connectivity index (χ3v) is 5.87. The first-order valence-corrected chi connectivity index (χ1v) is 10.2. The summed E-state index contributed by atoms with van der Waals surface area (Å²) in [6.07, 6.45) is -1.03. The summed E-state index contributed by atoms with van der Waals surface area (Å²) >= 11 is 6.21. The van der Waals surface area contributed by atoms with E-state index in [9.17, 15) is 19.7 Å². The van der Waals surface area contributed by atoms with Crippen LogP contribution in [0.5, 0.6) is 0 Å². The van der Waals surface area contributed by atoms with Crippen molar-refractivity contribution in [3.05, 3.63) is 99.6 Å². The van der Waals surface area contributed by atoms with Gasteiger partial charge in [-0.2, -0.15) is 0 Å². The Morgan fingerprint density at radius 3 is 2.25 bits per heavy atom. The van der Waals surface area contributed by atoms with Gasteiger partial charge in [-0.25, -0.2) is 9.96 Å². The second-order valence-corrected chi connectivity index (χ2v) is 7.93. The van der Waals surface area contributed by atoms with Crippen molar-refractivity contribution in [3.8, 4) is 0 Å². The van der Waals surface area contributed by atoms with Gasteiger partial charge in [0.25, 0.3) is 11.6 Å². The maximum atomic E-state index is 13.5. The van der Waals surface area contributed by atoms with Gasteiger partial charge in [-0.05, 0) is 42.0 Å². The van der Waals surface area contributed by atoms with Crippen molar-refractivity contribution in [3.63, 3.8) is 0 Å². The SMILES string of the molecule is O=C1[C@H]2[C@@H](ON(c3ccccc3)[C@H]2c2cccc(Cl)c2)C(=O)N1c1ccc([N+](=O)[O-])cc1. The molecule has 0 aromatic heterocycles. The number of carbonyl (C=O) groups excluding carboxylic acids is 2. The number of fused-ring (bicyclic) bond motifs is 1. The molecule has 2 aliphatic heterocycles. The molecule has 0 N–H and O–H groups in total. The molecule has 2 aliphatic rings. The summed E-state index contributed by atoms with van der Waals surface area (Å²) < 4.78 is 0. The van der Waals surface area contributed by atoms with Crippen LogP contribution in [0.2, 0.25) is 5.02 Å². The van der Waals surface area contributed by atoms with Crippen LogP contribution >= 0.6 is 11.6 Å². The number of carbonyl (C=O) groups is 2. The number of halogens is 1. The molecule has 160 valence electrons. The van der Waals surface area contributed by atoms with Gasteiger partial charge >= 0.3 is 0 Å². The minimum absolute atomic E-state index is 0.128. The van der Waals surface area contributed by atoms with E-state index in [1.165, 1.54) is 24.3 Å². The number of hydrogen-bond acceptors (Lipinski definition) is 6. The van der Waals surface area contributed by atoms with E-state index >= 15 is 0 Å². The fraction of sp³-hybridized carbons (Fsp3) is 0.130. The van der Waals surface area contributed by atoms with Crippen LogP contribution in [0.25, 0.3) is 0 Å². The van der Waals surface area contributed by atoms with Crippen LogP contribution in [-0.4, -0.2) is 22.8 Å². The second-order valence-electron chi connectivity index (χ2n) is 7.50. The number of non-ortho nitro benzene ring substituents is 1. The molecule has 3 aromatic rings. The molecule has 32 heavy (non-hydrogen) atoms. The van der Waals surface area contributed by atoms with Crippen LogP contribution in [0.15, 0.2) is 78.9 Å². The Kier molecular flexibility index (Phi) is 4.88. The van der Waals surface area contributed by atoms with E-state index in [1.54, 1.807) is 23.3 Å². The lowest BCUT2D eigenvalue weighted by molar-refractivity contribution is -0.384. The average molecular weight is 450 g/mol. The predicted octanol–water partition coefficient (Wildman–Crippen LogP) is 4.30. The number of nitro groups is 1. The van der Waals surface area contributed by atoms with E-state index in [1.807, 2.05) is 36.4 Å². The van der Waals surface area contributed by atoms with E-state index in [0.29, 0.717) is 10.7 Å². The van der Waals surface area contributed by atoms with E-state index in [0.717, 1.165) is 10.5 Å². The minimum atomic E-state index is -1.03. The van der Waals surface area contributed by atoms with E-state index in [4.69, 9.17) is 16.4 Å². The Labute approximate surface area is 187 Å². The number of hydrogen-bond donors (Lipinski definition) is 0. The second kappa shape index (κ2) is 7.74. The third-order valence-electron chi connectivity index (χ3n) is 5.64. The number of benzene rings is 3. The monoisotopic (exact) mass is 449 g/mol. The van der Waals surface area contributed by atoms with Crippen molar-refractivity contribution in [2.24, 2.45) is 5.92 Å². The Morgan fingerprint density at radius 2 is 1.59 bits per heavy atom. The number of nitrogens with zero attached hydrogens (tertiary/aromatic N) is 3. The molecule has 5 rings (SSSR count). The van der Waals surface area contributed by atoms with Gasteiger partial charge in [0.2, 0.25) is 5.91 Å². The number of nitro benzene ring substituents is 1. The molecule has 2 heterocycles. The highest BCUT2D eigenvalue weighted by Crippen LogP contribution is 2.47. The number of anilines is 2. The van der Waals surface area contributed by atoms with Crippen molar-refractivity contribution >= 4 is 40.5 Å². The molecular formula is C23H16ClN3O5. The normalized spacial score (nSPS) is 22.3. The summed E-state index contributed by atoms with van der Waals surface area (Å²) in [4.78, 5) is 44.2. The molecule has 2 saturated heterocycles. The summed E-state index contributed by atoms with van der Waals surface area (Å²) in [6, 6.07) is 21.0. The number of imide groups is 1. The first-order valence-electron chi connectivity index (χ1n) is 9.84. The zero-order valence-corrected chi connectivity index (χ0v) is 17.3. The van der Waals surface area contributed by atoms with Gasteiger partial charge in [-0.15, -0.1) is 0 Å². The molecule has 0 unspecified atom stereocenters. The van der Waals surface area contributed by atoms with Crippen LogP contribution in [0, 0.1) is 16.0 Å². The van der Waals surface area contributed by atoms with Gasteiger partial charge < -0.3 is 0 Å². The lowest BCUT2D eigenvalue weighted by Gasteiger charge is -2.28. The minimum Gasteiger partial charge on any atom is -0.273 e. The average Bonchev–Trinajstić information content (AvgIpc) is 3.30. The van der Waals surface area contributed by atoms with E-state index in [2.05, 4.69) is 0 Å². The topological polar surface area (TPSA) is 93.0 Å². The van der Waals surface area contributed by atoms with Gasteiger partial charge in [0.05, 0.1) is 22.3 Å². The van der Waals surface area contributed by atoms with Crippen LogP contribution in [0.1, 0.15) is 11.6 Å². The number of para-hydroxylation sites is 1. The molecule has 3 aromatic carbocycles. The molecule has 0 aliphatic carbocycles. The Hall–Kier alpha value is -3.75. The van der Waals surface area contributed by atoms with Gasteiger partial charge in [0.15, 0.2) is 6.10 Å². The molecule has 2 fully saturated rings. The first-order chi connectivity index (χ1) is 15.5. The molecule has 9 heteroatoms. The molecule has 2 amide bonds. The maximum absolute atomic E-state index is 13.5. The fourth-order valence-corrected chi connectivity index (χ4v) is 4.42. The van der Waals surface area contributed by atoms with Crippen LogP contribution in [-0.2, 0) is 14.4 Å². The molecule has 0 spiro atoms. The van der Waals surface area contributed by atoms with Gasteiger partial charge in [-0.1, -0.05) is 41.9 Å². The predicted molar refractivity (Wildman–Crippen MR) is 117 cm³/mol. The van der Waals surface area contributed by atoms with Gasteiger partial charge in [-0.3, -0.25) is 24.5 Å². The Bertz CT molecular complexity index is 1220. The summed E-state index contributed by atoms with van der Waals surface area (Å²) in [7, 11) is 0. The molecule has 0 saturated carbocycles. The highest BCUT2D eigenvalue weighted by Gasteiger charge is 2.60. The zero-order chi connectivity index (χ0) is 22.4.